The highest BCUT2D eigenvalue weighted by molar-refractivity contribution is 5.52. The van der Waals surface area contributed by atoms with Gasteiger partial charge in [-0.05, 0) is 78.5 Å². The number of anilines is 1. The van der Waals surface area contributed by atoms with E-state index in [4.69, 9.17) is 9.47 Å². The van der Waals surface area contributed by atoms with Gasteiger partial charge >= 0.3 is 0 Å². The highest BCUT2D eigenvalue weighted by Crippen LogP contribution is 2.49. The van der Waals surface area contributed by atoms with Crippen molar-refractivity contribution in [2.24, 2.45) is 17.8 Å². The first-order valence-electron chi connectivity index (χ1n) is 13.5. The van der Waals surface area contributed by atoms with Gasteiger partial charge in [0.2, 0.25) is 0 Å². The zero-order chi connectivity index (χ0) is 24.4. The first kappa shape index (κ1) is 24.6. The number of hydrogen-bond donors (Lipinski definition) is 1. The third-order valence-electron chi connectivity index (χ3n) is 8.95. The molecule has 0 spiro atoms. The Morgan fingerprint density at radius 3 is 2.34 bits per heavy atom. The maximum absolute atomic E-state index is 15.7. The molecule has 3 aliphatic rings. The maximum atomic E-state index is 15.7. The van der Waals surface area contributed by atoms with Gasteiger partial charge in [0, 0.05) is 39.1 Å². The Morgan fingerprint density at radius 2 is 1.66 bits per heavy atom. The van der Waals surface area contributed by atoms with Crippen LogP contribution in [0.1, 0.15) is 74.0 Å². The van der Waals surface area contributed by atoms with Crippen LogP contribution in [0.5, 0.6) is 5.75 Å². The van der Waals surface area contributed by atoms with Crippen molar-refractivity contribution < 1.29 is 19.0 Å². The topological polar surface area (TPSA) is 41.9 Å². The smallest absolute Gasteiger partial charge is 0.159 e. The summed E-state index contributed by atoms with van der Waals surface area (Å²) in [5, 5.41) is 10.1. The monoisotopic (exact) mass is 481 g/mol. The summed E-state index contributed by atoms with van der Waals surface area (Å²) in [5.74, 6) is 1.98. The molecule has 2 atom stereocenters. The van der Waals surface area contributed by atoms with Crippen molar-refractivity contribution in [1.82, 2.24) is 0 Å². The van der Waals surface area contributed by atoms with Gasteiger partial charge in [-0.2, -0.15) is 0 Å². The van der Waals surface area contributed by atoms with Crippen LogP contribution in [0.4, 0.5) is 10.1 Å². The van der Waals surface area contributed by atoms with Crippen LogP contribution in [-0.4, -0.2) is 38.7 Å². The fraction of sp³-hybridized carbons (Fsp3) is 0.600. The summed E-state index contributed by atoms with van der Waals surface area (Å²) in [4.78, 5) is 2.17. The van der Waals surface area contributed by atoms with Crippen LogP contribution in [0.15, 0.2) is 36.4 Å². The van der Waals surface area contributed by atoms with Gasteiger partial charge in [0.15, 0.2) is 6.29 Å². The quantitative estimate of drug-likeness (QED) is 0.470. The molecule has 0 bridgehead atoms. The molecule has 1 N–H and O–H groups in total. The van der Waals surface area contributed by atoms with E-state index in [0.29, 0.717) is 29.2 Å². The fourth-order valence-corrected chi connectivity index (χ4v) is 7.20. The minimum Gasteiger partial charge on any atom is -0.508 e. The molecule has 0 unspecified atom stereocenters. The Balaban J connectivity index is 1.40. The van der Waals surface area contributed by atoms with E-state index >= 15 is 4.39 Å². The van der Waals surface area contributed by atoms with Gasteiger partial charge in [0.25, 0.3) is 0 Å². The second-order valence-electron chi connectivity index (χ2n) is 10.8. The number of nitrogens with zero attached hydrogens (tertiary/aromatic N) is 1. The van der Waals surface area contributed by atoms with Gasteiger partial charge in [-0.1, -0.05) is 44.2 Å². The zero-order valence-corrected chi connectivity index (χ0v) is 21.2. The number of ether oxygens (including phenoxy) is 2. The first-order valence-corrected chi connectivity index (χ1v) is 13.5. The van der Waals surface area contributed by atoms with E-state index in [2.05, 4.69) is 17.0 Å². The van der Waals surface area contributed by atoms with E-state index in [1.165, 1.54) is 43.2 Å². The maximum Gasteiger partial charge on any atom is 0.159 e. The number of aromatic hydroxyl groups is 1. The molecule has 1 saturated heterocycles. The number of phenolic OH excluding ortho intramolecular Hbond substituents is 1. The molecule has 5 rings (SSSR count). The summed E-state index contributed by atoms with van der Waals surface area (Å²) < 4.78 is 26.6. The number of phenols is 1. The molecule has 2 aromatic rings. The highest BCUT2D eigenvalue weighted by Gasteiger charge is 2.37. The Hall–Kier alpha value is -2.11. The van der Waals surface area contributed by atoms with Crippen LogP contribution in [0.2, 0.25) is 0 Å². The van der Waals surface area contributed by atoms with E-state index in [1.54, 1.807) is 26.4 Å². The van der Waals surface area contributed by atoms with Gasteiger partial charge in [-0.3, -0.25) is 0 Å². The lowest BCUT2D eigenvalue weighted by Crippen LogP contribution is -2.39. The Morgan fingerprint density at radius 1 is 0.914 bits per heavy atom. The second-order valence-corrected chi connectivity index (χ2v) is 10.8. The molecule has 0 radical (unpaired) electrons. The van der Waals surface area contributed by atoms with E-state index in [0.717, 1.165) is 44.3 Å². The number of methoxy groups -OCH3 is 2. The third kappa shape index (κ3) is 5.08. The van der Waals surface area contributed by atoms with E-state index in [1.807, 2.05) is 12.1 Å². The van der Waals surface area contributed by atoms with Gasteiger partial charge in [0.1, 0.15) is 11.6 Å². The molecule has 1 aliphatic heterocycles. The standard InChI is InChI=1S/C30H40FNO3/c1-34-30(35-2)21-14-16-32(17-15-21)28-13-9-23(19-27(28)31)29-25(20-6-4-3-5-7-20)11-8-22-18-24(33)10-12-26(22)29/h9-10,12-13,18-21,25,29-30,33H,3-8,11,14-17H2,1-2H3/t25-,29+/m0/s1. The Bertz CT molecular complexity index is 993. The molecule has 1 saturated carbocycles. The van der Waals surface area contributed by atoms with Crippen LogP contribution >= 0.6 is 0 Å². The Labute approximate surface area is 209 Å². The lowest BCUT2D eigenvalue weighted by molar-refractivity contribution is -0.141. The number of fused-ring (bicyclic) bond motifs is 1. The molecule has 2 aromatic carbocycles. The number of benzene rings is 2. The summed E-state index contributed by atoms with van der Waals surface area (Å²) in [6.07, 6.45) is 10.3. The summed E-state index contributed by atoms with van der Waals surface area (Å²) in [6.45, 7) is 1.61. The van der Waals surface area contributed by atoms with Crippen LogP contribution in [-0.2, 0) is 15.9 Å². The summed E-state index contributed by atoms with van der Waals surface area (Å²) in [6, 6.07) is 11.8. The van der Waals surface area contributed by atoms with Crippen molar-refractivity contribution in [3.05, 3.63) is 58.9 Å². The molecule has 190 valence electrons. The van der Waals surface area contributed by atoms with E-state index < -0.39 is 0 Å². The third-order valence-corrected chi connectivity index (χ3v) is 8.95. The molecule has 5 heteroatoms. The zero-order valence-electron chi connectivity index (χ0n) is 21.2. The summed E-state index contributed by atoms with van der Waals surface area (Å²) in [5.41, 5.74) is 4.29. The molecule has 0 amide bonds. The predicted molar refractivity (Wildman–Crippen MR) is 137 cm³/mol. The number of piperidine rings is 1. The fourth-order valence-electron chi connectivity index (χ4n) is 7.20. The highest BCUT2D eigenvalue weighted by atomic mass is 19.1. The number of halogens is 1. The van der Waals surface area contributed by atoms with E-state index in [9.17, 15) is 5.11 Å². The average molecular weight is 482 g/mol. The van der Waals surface area contributed by atoms with Crippen LogP contribution in [0.3, 0.4) is 0 Å². The molecule has 1 heterocycles. The lowest BCUT2D eigenvalue weighted by Gasteiger charge is -2.41. The van der Waals surface area contributed by atoms with E-state index in [-0.39, 0.29) is 18.0 Å². The van der Waals surface area contributed by atoms with Crippen molar-refractivity contribution >= 4 is 5.69 Å². The number of aryl methyl sites for hydroxylation is 1. The average Bonchev–Trinajstić information content (AvgIpc) is 2.89. The van der Waals surface area contributed by atoms with Gasteiger partial charge in [-0.15, -0.1) is 0 Å². The van der Waals surface area contributed by atoms with Crippen molar-refractivity contribution in [1.29, 1.82) is 0 Å². The van der Waals surface area contributed by atoms with Crippen molar-refractivity contribution in [3.8, 4) is 5.75 Å². The normalized spacial score (nSPS) is 24.1. The molecule has 0 aromatic heterocycles. The summed E-state index contributed by atoms with van der Waals surface area (Å²) >= 11 is 0. The molecule has 4 nitrogen and oxygen atoms in total. The number of hydrogen-bond acceptors (Lipinski definition) is 4. The first-order chi connectivity index (χ1) is 17.1. The van der Waals surface area contributed by atoms with Crippen LogP contribution < -0.4 is 4.90 Å². The Kier molecular flexibility index (Phi) is 7.64. The molecule has 2 fully saturated rings. The van der Waals surface area contributed by atoms with Gasteiger partial charge in [-0.25, -0.2) is 4.39 Å². The molecule has 2 aliphatic carbocycles. The second kappa shape index (κ2) is 10.9. The van der Waals surface area contributed by atoms with Crippen molar-refractivity contribution in [3.63, 3.8) is 0 Å². The van der Waals surface area contributed by atoms with Gasteiger partial charge in [0.05, 0.1) is 5.69 Å². The largest absolute Gasteiger partial charge is 0.508 e. The molecular formula is C30H40FNO3. The van der Waals surface area contributed by atoms with Crippen molar-refractivity contribution in [2.75, 3.05) is 32.2 Å². The minimum absolute atomic E-state index is 0.121. The SMILES string of the molecule is COC(OC)C1CCN(c2ccc([C@H]3c4ccc(O)cc4CC[C@H]3C3CCCCC3)cc2F)CC1. The van der Waals surface area contributed by atoms with Crippen LogP contribution in [0, 0.1) is 23.6 Å². The summed E-state index contributed by atoms with van der Waals surface area (Å²) in [7, 11) is 3.37. The minimum atomic E-state index is -0.188. The molecular weight excluding hydrogens is 441 g/mol. The molecule has 35 heavy (non-hydrogen) atoms. The van der Waals surface area contributed by atoms with Crippen molar-refractivity contribution in [2.45, 2.75) is 70.0 Å². The predicted octanol–water partition coefficient (Wildman–Crippen LogP) is 6.64. The number of rotatable bonds is 6. The van der Waals surface area contributed by atoms with Crippen LogP contribution in [0.25, 0.3) is 0 Å². The van der Waals surface area contributed by atoms with Gasteiger partial charge < -0.3 is 19.5 Å². The lowest BCUT2D eigenvalue weighted by atomic mass is 9.64.